The fourth-order valence-corrected chi connectivity index (χ4v) is 1.58. The molecular formula is C12H21N5O3. The highest BCUT2D eigenvalue weighted by molar-refractivity contribution is 5.99. The van der Waals surface area contributed by atoms with Gasteiger partial charge < -0.3 is 21.1 Å². The topological polar surface area (TPSA) is 122 Å². The summed E-state index contributed by atoms with van der Waals surface area (Å²) in [6.07, 6.45) is 0. The second-order valence-corrected chi connectivity index (χ2v) is 4.58. The number of aromatic amines is 1. The van der Waals surface area contributed by atoms with Gasteiger partial charge in [-0.1, -0.05) is 13.8 Å². The zero-order valence-electron chi connectivity index (χ0n) is 11.9. The van der Waals surface area contributed by atoms with E-state index >= 15 is 0 Å². The Morgan fingerprint density at radius 1 is 1.40 bits per heavy atom. The van der Waals surface area contributed by atoms with Gasteiger partial charge in [0.1, 0.15) is 0 Å². The number of rotatable bonds is 7. The van der Waals surface area contributed by atoms with Gasteiger partial charge in [-0.3, -0.25) is 14.7 Å². The highest BCUT2D eigenvalue weighted by atomic mass is 16.5. The zero-order chi connectivity index (χ0) is 15.1. The van der Waals surface area contributed by atoms with E-state index in [9.17, 15) is 9.59 Å². The van der Waals surface area contributed by atoms with Crippen molar-refractivity contribution < 1.29 is 14.3 Å². The number of nitrogen functional groups attached to an aromatic ring is 1. The molecule has 1 rings (SSSR count). The molecule has 2 amide bonds. The zero-order valence-corrected chi connectivity index (χ0v) is 11.9. The summed E-state index contributed by atoms with van der Waals surface area (Å²) in [5.74, 6) is -0.637. The molecule has 0 aliphatic heterocycles. The number of amides is 2. The highest BCUT2D eigenvalue weighted by Gasteiger charge is 2.19. The predicted molar refractivity (Wildman–Crippen MR) is 74.3 cm³/mol. The standard InChI is InChI=1S/C12H21N5O3/c1-7(2)10-9(13)11(17-16-10)12(19)15-6-8(18)14-4-5-20-3/h7H,4-6,13H2,1-3H3,(H,14,18)(H,15,19)(H,16,17). The van der Waals surface area contributed by atoms with Gasteiger partial charge in [0, 0.05) is 13.7 Å². The van der Waals surface area contributed by atoms with Crippen LogP contribution < -0.4 is 16.4 Å². The van der Waals surface area contributed by atoms with Crippen molar-refractivity contribution in [2.24, 2.45) is 0 Å². The fourth-order valence-electron chi connectivity index (χ4n) is 1.58. The number of ether oxygens (including phenoxy) is 1. The van der Waals surface area contributed by atoms with Crippen molar-refractivity contribution in [1.82, 2.24) is 20.8 Å². The fraction of sp³-hybridized carbons (Fsp3) is 0.583. The van der Waals surface area contributed by atoms with Crippen molar-refractivity contribution >= 4 is 17.5 Å². The molecule has 1 aromatic rings. The molecule has 8 nitrogen and oxygen atoms in total. The SMILES string of the molecule is COCCNC(=O)CNC(=O)c1n[nH]c(C(C)C)c1N. The lowest BCUT2D eigenvalue weighted by atomic mass is 10.1. The van der Waals surface area contributed by atoms with Gasteiger partial charge in [0.2, 0.25) is 5.91 Å². The minimum Gasteiger partial charge on any atom is -0.395 e. The molecule has 0 aliphatic rings. The summed E-state index contributed by atoms with van der Waals surface area (Å²) in [5.41, 5.74) is 6.97. The number of nitrogens with zero attached hydrogens (tertiary/aromatic N) is 1. The number of aromatic nitrogens is 2. The maximum Gasteiger partial charge on any atom is 0.274 e. The number of hydrogen-bond donors (Lipinski definition) is 4. The Labute approximate surface area is 117 Å². The molecule has 0 fully saturated rings. The Morgan fingerprint density at radius 3 is 2.65 bits per heavy atom. The maximum atomic E-state index is 11.9. The number of carbonyl (C=O) groups is 2. The van der Waals surface area contributed by atoms with Crippen LogP contribution in [0.15, 0.2) is 0 Å². The summed E-state index contributed by atoms with van der Waals surface area (Å²) in [6.45, 7) is 4.56. The monoisotopic (exact) mass is 283 g/mol. The maximum absolute atomic E-state index is 11.9. The van der Waals surface area contributed by atoms with E-state index in [1.807, 2.05) is 13.8 Å². The number of hydrogen-bond acceptors (Lipinski definition) is 5. The summed E-state index contributed by atoms with van der Waals surface area (Å²) < 4.78 is 4.80. The van der Waals surface area contributed by atoms with Crippen molar-refractivity contribution in [3.63, 3.8) is 0 Å². The summed E-state index contributed by atoms with van der Waals surface area (Å²) in [5, 5.41) is 11.7. The van der Waals surface area contributed by atoms with Crippen molar-refractivity contribution in [2.75, 3.05) is 32.5 Å². The third-order valence-electron chi connectivity index (χ3n) is 2.66. The van der Waals surface area contributed by atoms with Gasteiger partial charge in [-0.2, -0.15) is 5.10 Å². The third kappa shape index (κ3) is 4.23. The second kappa shape index (κ2) is 7.49. The predicted octanol–water partition coefficient (Wildman–Crippen LogP) is -0.392. The van der Waals surface area contributed by atoms with Gasteiger partial charge in [0.05, 0.1) is 24.5 Å². The van der Waals surface area contributed by atoms with Crippen LogP contribution in [0.3, 0.4) is 0 Å². The molecule has 0 spiro atoms. The minimum atomic E-state index is -0.479. The minimum absolute atomic E-state index is 0.110. The Bertz CT molecular complexity index is 470. The average molecular weight is 283 g/mol. The van der Waals surface area contributed by atoms with Crippen LogP contribution in [0.25, 0.3) is 0 Å². The Kier molecular flexibility index (Phi) is 5.98. The second-order valence-electron chi connectivity index (χ2n) is 4.58. The number of methoxy groups -OCH3 is 1. The number of anilines is 1. The molecule has 0 saturated heterocycles. The van der Waals surface area contributed by atoms with Crippen LogP contribution in [0.1, 0.15) is 35.9 Å². The van der Waals surface area contributed by atoms with Crippen LogP contribution in [-0.2, 0) is 9.53 Å². The molecule has 0 bridgehead atoms. The van der Waals surface area contributed by atoms with Crippen LogP contribution in [-0.4, -0.2) is 48.8 Å². The van der Waals surface area contributed by atoms with E-state index in [0.717, 1.165) is 0 Å². The Hall–Kier alpha value is -2.09. The van der Waals surface area contributed by atoms with Gasteiger partial charge in [0.15, 0.2) is 5.69 Å². The third-order valence-corrected chi connectivity index (χ3v) is 2.66. The Morgan fingerprint density at radius 2 is 2.10 bits per heavy atom. The van der Waals surface area contributed by atoms with E-state index in [1.165, 1.54) is 0 Å². The van der Waals surface area contributed by atoms with Gasteiger partial charge in [0.25, 0.3) is 5.91 Å². The quantitative estimate of drug-likeness (QED) is 0.507. The first kappa shape index (κ1) is 16.0. The molecule has 5 N–H and O–H groups in total. The molecule has 20 heavy (non-hydrogen) atoms. The molecule has 0 saturated carbocycles. The van der Waals surface area contributed by atoms with Crippen molar-refractivity contribution in [1.29, 1.82) is 0 Å². The molecule has 0 aromatic carbocycles. The molecule has 1 aromatic heterocycles. The summed E-state index contributed by atoms with van der Waals surface area (Å²) in [7, 11) is 1.54. The lowest BCUT2D eigenvalue weighted by Gasteiger charge is -2.06. The molecular weight excluding hydrogens is 262 g/mol. The number of nitrogens with one attached hydrogen (secondary N) is 3. The normalized spacial score (nSPS) is 10.6. The molecule has 8 heteroatoms. The van der Waals surface area contributed by atoms with Crippen LogP contribution >= 0.6 is 0 Å². The van der Waals surface area contributed by atoms with Crippen LogP contribution in [0.4, 0.5) is 5.69 Å². The molecule has 0 unspecified atom stereocenters. The lowest BCUT2D eigenvalue weighted by molar-refractivity contribution is -0.120. The number of nitrogens with two attached hydrogens (primary N) is 1. The van der Waals surface area contributed by atoms with Gasteiger partial charge in [-0.25, -0.2) is 0 Å². The molecule has 0 radical (unpaired) electrons. The summed E-state index contributed by atoms with van der Waals surface area (Å²) >= 11 is 0. The van der Waals surface area contributed by atoms with Gasteiger partial charge >= 0.3 is 0 Å². The molecule has 112 valence electrons. The van der Waals surface area contributed by atoms with Crippen molar-refractivity contribution in [2.45, 2.75) is 19.8 Å². The smallest absolute Gasteiger partial charge is 0.274 e. The molecule has 1 heterocycles. The van der Waals surface area contributed by atoms with E-state index in [0.29, 0.717) is 24.5 Å². The number of H-pyrrole nitrogens is 1. The highest BCUT2D eigenvalue weighted by Crippen LogP contribution is 2.21. The number of carbonyl (C=O) groups excluding carboxylic acids is 2. The van der Waals surface area contributed by atoms with Crippen molar-refractivity contribution in [3.05, 3.63) is 11.4 Å². The summed E-state index contributed by atoms with van der Waals surface area (Å²) in [6, 6.07) is 0. The van der Waals surface area contributed by atoms with E-state index in [4.69, 9.17) is 10.5 Å². The summed E-state index contributed by atoms with van der Waals surface area (Å²) in [4.78, 5) is 23.3. The van der Waals surface area contributed by atoms with Gasteiger partial charge in [-0.05, 0) is 5.92 Å². The lowest BCUT2D eigenvalue weighted by Crippen LogP contribution is -2.38. The largest absolute Gasteiger partial charge is 0.395 e. The first-order valence-corrected chi connectivity index (χ1v) is 6.35. The van der Waals surface area contributed by atoms with Gasteiger partial charge in [-0.15, -0.1) is 0 Å². The molecule has 0 aliphatic carbocycles. The molecule has 0 atom stereocenters. The first-order chi connectivity index (χ1) is 9.47. The van der Waals surface area contributed by atoms with Crippen molar-refractivity contribution in [3.8, 4) is 0 Å². The van der Waals surface area contributed by atoms with Crippen LogP contribution in [0.5, 0.6) is 0 Å². The van der Waals surface area contributed by atoms with E-state index in [1.54, 1.807) is 7.11 Å². The van der Waals surface area contributed by atoms with Crippen LogP contribution in [0.2, 0.25) is 0 Å². The van der Waals surface area contributed by atoms with E-state index in [2.05, 4.69) is 20.8 Å². The van der Waals surface area contributed by atoms with Crippen LogP contribution in [0, 0.1) is 0 Å². The van der Waals surface area contributed by atoms with E-state index < -0.39 is 5.91 Å². The first-order valence-electron chi connectivity index (χ1n) is 6.35. The Balaban J connectivity index is 2.49. The van der Waals surface area contributed by atoms with E-state index in [-0.39, 0.29) is 24.1 Å². The average Bonchev–Trinajstić information content (AvgIpc) is 2.78.